The summed E-state index contributed by atoms with van der Waals surface area (Å²) >= 11 is 6.72. The molecule has 2 aliphatic heterocycles. The number of hydrogen-bond donors (Lipinski definition) is 0. The zero-order valence-corrected chi connectivity index (χ0v) is 25.8. The van der Waals surface area contributed by atoms with Gasteiger partial charge in [0.25, 0.3) is 0 Å². The molecular weight excluding hydrogens is 652 g/mol. The molecule has 0 aromatic heterocycles. The van der Waals surface area contributed by atoms with E-state index in [2.05, 4.69) is 31.9 Å². The molecule has 5 rings (SSSR count). The topological polar surface area (TPSA) is 55.4 Å². The fourth-order valence-electron chi connectivity index (χ4n) is 3.79. The summed E-state index contributed by atoms with van der Waals surface area (Å²) < 4.78 is 61.6. The summed E-state index contributed by atoms with van der Waals surface area (Å²) in [6.45, 7) is 8.69. The molecule has 0 N–H and O–H groups in total. The summed E-state index contributed by atoms with van der Waals surface area (Å²) in [5, 5.41) is 0. The van der Waals surface area contributed by atoms with Crippen LogP contribution >= 0.6 is 31.9 Å². The van der Waals surface area contributed by atoms with Crippen LogP contribution in [0.15, 0.2) is 75.7 Å². The van der Waals surface area contributed by atoms with E-state index in [4.69, 9.17) is 27.9 Å². The Bertz CT molecular complexity index is 1270. The van der Waals surface area contributed by atoms with Crippen molar-refractivity contribution in [2.45, 2.75) is 58.2 Å². The Balaban J connectivity index is 0.000000186. The van der Waals surface area contributed by atoms with Gasteiger partial charge in [-0.3, -0.25) is 0 Å². The van der Waals surface area contributed by atoms with Crippen molar-refractivity contribution >= 4 is 46.5 Å². The molecule has 40 heavy (non-hydrogen) atoms. The first-order valence-electron chi connectivity index (χ1n) is 12.7. The van der Waals surface area contributed by atoms with Crippen LogP contribution in [0.3, 0.4) is 0 Å². The van der Waals surface area contributed by atoms with Crippen LogP contribution in [0.5, 0.6) is 0 Å². The smallest absolute Gasteiger partial charge is 0.383 e. The Hall–Kier alpha value is -1.63. The van der Waals surface area contributed by atoms with E-state index in [9.17, 15) is 8.78 Å². The van der Waals surface area contributed by atoms with E-state index in [-0.39, 0.29) is 31.0 Å². The van der Waals surface area contributed by atoms with Crippen LogP contribution in [-0.2, 0) is 41.1 Å². The van der Waals surface area contributed by atoms with E-state index in [1.54, 1.807) is 12.1 Å². The molecule has 2 heterocycles. The summed E-state index contributed by atoms with van der Waals surface area (Å²) in [5.41, 5.74) is 1.61. The minimum Gasteiger partial charge on any atom is -0.383 e. The van der Waals surface area contributed by atoms with Crippen LogP contribution in [0.4, 0.5) is 8.78 Å². The molecule has 12 heteroatoms. The van der Waals surface area contributed by atoms with Crippen molar-refractivity contribution in [2.75, 3.05) is 6.61 Å². The molecule has 0 radical (unpaired) electrons. The quantitative estimate of drug-likeness (QED) is 0.240. The van der Waals surface area contributed by atoms with Gasteiger partial charge in [0.1, 0.15) is 11.6 Å². The predicted molar refractivity (Wildman–Crippen MR) is 156 cm³/mol. The maximum absolute atomic E-state index is 13.2. The van der Waals surface area contributed by atoms with Gasteiger partial charge in [0.15, 0.2) is 0 Å². The van der Waals surface area contributed by atoms with Crippen LogP contribution in [0.1, 0.15) is 50.5 Å². The van der Waals surface area contributed by atoms with Crippen molar-refractivity contribution in [1.82, 2.24) is 0 Å². The number of benzene rings is 3. The van der Waals surface area contributed by atoms with Crippen LogP contribution in [0.2, 0.25) is 0 Å². The summed E-state index contributed by atoms with van der Waals surface area (Å²) in [6.07, 6.45) is -0.132. The Kier molecular flexibility index (Phi) is 10.6. The zero-order valence-electron chi connectivity index (χ0n) is 22.7. The fourth-order valence-corrected chi connectivity index (χ4v) is 4.51. The third-order valence-corrected chi connectivity index (χ3v) is 8.37. The lowest BCUT2D eigenvalue weighted by molar-refractivity contribution is 0.00578. The largest absolute Gasteiger partial charge is 0.640 e. The summed E-state index contributed by atoms with van der Waals surface area (Å²) in [6, 6.07) is 18.8. The van der Waals surface area contributed by atoms with E-state index < -0.39 is 25.8 Å². The van der Waals surface area contributed by atoms with Crippen molar-refractivity contribution < 1.29 is 36.7 Å². The van der Waals surface area contributed by atoms with Crippen LogP contribution in [-0.4, -0.2) is 32.5 Å². The van der Waals surface area contributed by atoms with Gasteiger partial charge >= 0.3 is 14.6 Å². The van der Waals surface area contributed by atoms with E-state index in [0.29, 0.717) is 12.2 Å². The Labute approximate surface area is 251 Å². The van der Waals surface area contributed by atoms with Gasteiger partial charge in [-0.1, -0.05) is 62.2 Å². The molecule has 2 aliphatic rings. The van der Waals surface area contributed by atoms with Crippen LogP contribution in [0.25, 0.3) is 0 Å². The standard InChI is InChI=1S/C15H13BBrFO3.C13H17BBrFO3/c17-14-7-6-13(18)8-12(14)9-19-16-20-10-15(21-16)11-4-2-1-3-5-11;1-12(2)13(3,4)19-14(18-12)17-8-9-7-10(16)5-6-11(9)15/h1-8,15H,9-10H2;5-7H,8H2,1-4H3. The molecule has 3 aromatic rings. The Morgan fingerprint density at radius 2 is 1.27 bits per heavy atom. The van der Waals surface area contributed by atoms with Gasteiger partial charge in [0.05, 0.1) is 37.1 Å². The van der Waals surface area contributed by atoms with Gasteiger partial charge in [0.2, 0.25) is 0 Å². The number of rotatable bonds is 7. The lowest BCUT2D eigenvalue weighted by Gasteiger charge is -2.31. The van der Waals surface area contributed by atoms with Crippen LogP contribution in [0, 0.1) is 11.6 Å². The predicted octanol–water partition coefficient (Wildman–Crippen LogP) is 7.57. The lowest BCUT2D eigenvalue weighted by Crippen LogP contribution is -2.41. The van der Waals surface area contributed by atoms with E-state index >= 15 is 0 Å². The Morgan fingerprint density at radius 1 is 0.775 bits per heavy atom. The zero-order chi connectivity index (χ0) is 28.9. The van der Waals surface area contributed by atoms with Gasteiger partial charge in [0, 0.05) is 8.95 Å². The van der Waals surface area contributed by atoms with Gasteiger partial charge in [-0.25, -0.2) is 8.78 Å². The maximum atomic E-state index is 13.2. The molecule has 0 aliphatic carbocycles. The first kappa shape index (κ1) is 31.3. The average molecular weight is 682 g/mol. The first-order chi connectivity index (χ1) is 18.9. The molecule has 0 spiro atoms. The fraction of sp³-hybridized carbons (Fsp3) is 0.357. The van der Waals surface area contributed by atoms with Gasteiger partial charge in [-0.05, 0) is 80.8 Å². The van der Waals surface area contributed by atoms with Gasteiger partial charge in [-0.2, -0.15) is 0 Å². The normalized spacial score (nSPS) is 19.4. The van der Waals surface area contributed by atoms with E-state index in [1.165, 1.54) is 24.3 Å². The number of halogens is 4. The van der Waals surface area contributed by atoms with Gasteiger partial charge in [-0.15, -0.1) is 0 Å². The third kappa shape index (κ3) is 8.23. The van der Waals surface area contributed by atoms with Crippen molar-refractivity contribution in [2.24, 2.45) is 0 Å². The minimum absolute atomic E-state index is 0.132. The van der Waals surface area contributed by atoms with Crippen molar-refractivity contribution in [1.29, 1.82) is 0 Å². The molecule has 212 valence electrons. The molecule has 0 saturated carbocycles. The third-order valence-electron chi connectivity index (χ3n) is 6.83. The highest BCUT2D eigenvalue weighted by atomic mass is 79.9. The second-order valence-corrected chi connectivity index (χ2v) is 12.0. The molecule has 3 aromatic carbocycles. The molecule has 2 saturated heterocycles. The SMILES string of the molecule is CC1(C)OB(OCc2cc(F)ccc2Br)OC1(C)C.Fc1ccc(Br)c(COB2OCC(c3ccccc3)O2)c1. The highest BCUT2D eigenvalue weighted by Gasteiger charge is 2.53. The maximum Gasteiger partial charge on any atom is 0.640 e. The van der Waals surface area contributed by atoms with Crippen molar-refractivity contribution in [3.8, 4) is 0 Å². The van der Waals surface area contributed by atoms with E-state index in [0.717, 1.165) is 20.1 Å². The molecule has 2 fully saturated rings. The summed E-state index contributed by atoms with van der Waals surface area (Å²) in [5.74, 6) is -0.595. The number of hydrogen-bond acceptors (Lipinski definition) is 6. The molecule has 1 unspecified atom stereocenters. The van der Waals surface area contributed by atoms with Crippen molar-refractivity contribution in [3.63, 3.8) is 0 Å². The van der Waals surface area contributed by atoms with Crippen LogP contribution < -0.4 is 0 Å². The highest BCUT2D eigenvalue weighted by molar-refractivity contribution is 9.10. The first-order valence-corrected chi connectivity index (χ1v) is 14.3. The molecule has 0 bridgehead atoms. The second kappa shape index (κ2) is 13.6. The highest BCUT2D eigenvalue weighted by Crippen LogP contribution is 2.37. The minimum atomic E-state index is -0.736. The molecular formula is C28H30B2Br2F2O6. The molecule has 6 nitrogen and oxygen atoms in total. The van der Waals surface area contributed by atoms with Gasteiger partial charge < -0.3 is 27.9 Å². The monoisotopic (exact) mass is 680 g/mol. The average Bonchev–Trinajstić information content (AvgIpc) is 3.47. The molecule has 1 atom stereocenters. The van der Waals surface area contributed by atoms with Crippen molar-refractivity contribution in [3.05, 3.63) is 104 Å². The molecule has 0 amide bonds. The lowest BCUT2D eigenvalue weighted by atomic mass is 9.90. The summed E-state index contributed by atoms with van der Waals surface area (Å²) in [4.78, 5) is 0. The summed E-state index contributed by atoms with van der Waals surface area (Å²) in [7, 11) is -1.47. The van der Waals surface area contributed by atoms with E-state index in [1.807, 2.05) is 58.0 Å². The Morgan fingerprint density at radius 3 is 1.80 bits per heavy atom. The second-order valence-electron chi connectivity index (χ2n) is 10.3.